The number of aromatic amines is 1. The lowest BCUT2D eigenvalue weighted by atomic mass is 10.1. The summed E-state index contributed by atoms with van der Waals surface area (Å²) in [7, 11) is -3.45. The van der Waals surface area contributed by atoms with Crippen molar-refractivity contribution in [3.8, 4) is 28.6 Å². The molecule has 3 N–H and O–H groups in total. The maximum Gasteiger partial charge on any atom is 0.237 e. The third kappa shape index (κ3) is 5.52. The number of aromatic nitrogens is 3. The monoisotopic (exact) mass is 470 g/mol. The Morgan fingerprint density at radius 2 is 1.91 bits per heavy atom. The van der Waals surface area contributed by atoms with Crippen LogP contribution < -0.4 is 14.8 Å². The van der Waals surface area contributed by atoms with Crippen LogP contribution in [0.5, 0.6) is 17.4 Å². The minimum absolute atomic E-state index is 0.132. The van der Waals surface area contributed by atoms with Crippen LogP contribution in [0.25, 0.3) is 17.0 Å². The van der Waals surface area contributed by atoms with E-state index in [0.717, 1.165) is 41.5 Å². The van der Waals surface area contributed by atoms with Crippen LogP contribution in [0.4, 0.5) is 0 Å². The Balaban J connectivity index is 1.64. The molecule has 1 aromatic carbocycles. The summed E-state index contributed by atoms with van der Waals surface area (Å²) in [5, 5.41) is 12.7. The first-order chi connectivity index (χ1) is 15.7. The van der Waals surface area contributed by atoms with Crippen molar-refractivity contribution >= 4 is 15.5 Å². The minimum Gasteiger partial charge on any atom is -0.488 e. The minimum atomic E-state index is -3.45. The number of aliphatic hydroxyl groups excluding tert-OH is 1. The Morgan fingerprint density at radius 1 is 1.15 bits per heavy atom. The maximum absolute atomic E-state index is 11.6. The molecule has 3 heterocycles. The first-order valence-electron chi connectivity index (χ1n) is 10.5. The average Bonchev–Trinajstić information content (AvgIpc) is 3.42. The second-order valence-electron chi connectivity index (χ2n) is 8.06. The number of hydrogen-bond acceptors (Lipinski definition) is 8. The molecule has 0 saturated heterocycles. The summed E-state index contributed by atoms with van der Waals surface area (Å²) >= 11 is 0. The molecular weight excluding hydrogens is 444 g/mol. The zero-order chi connectivity index (χ0) is 23.6. The third-order valence-electron chi connectivity index (χ3n) is 5.05. The van der Waals surface area contributed by atoms with Crippen LogP contribution in [-0.2, 0) is 9.84 Å². The van der Waals surface area contributed by atoms with E-state index in [1.807, 2.05) is 24.3 Å². The molecule has 2 atom stereocenters. The summed E-state index contributed by atoms with van der Waals surface area (Å²) in [6, 6.07) is 9.72. The van der Waals surface area contributed by atoms with Gasteiger partial charge in [-0.15, -0.1) is 0 Å². The van der Waals surface area contributed by atoms with Gasteiger partial charge < -0.3 is 24.9 Å². The number of H-pyrrole nitrogens is 1. The van der Waals surface area contributed by atoms with Gasteiger partial charge in [0, 0.05) is 29.6 Å². The van der Waals surface area contributed by atoms with E-state index in [1.165, 1.54) is 6.20 Å². The number of nitrogens with zero attached hydrogens (tertiary/aromatic N) is 2. The average molecular weight is 471 g/mol. The summed E-state index contributed by atoms with van der Waals surface area (Å²) in [6.07, 6.45) is 6.21. The van der Waals surface area contributed by atoms with E-state index >= 15 is 0 Å². The fourth-order valence-electron chi connectivity index (χ4n) is 3.38. The molecule has 2 aromatic heterocycles. The Labute approximate surface area is 192 Å². The lowest BCUT2D eigenvalue weighted by Crippen LogP contribution is -2.17. The predicted molar refractivity (Wildman–Crippen MR) is 124 cm³/mol. The van der Waals surface area contributed by atoms with E-state index in [1.54, 1.807) is 13.0 Å². The highest BCUT2D eigenvalue weighted by molar-refractivity contribution is 7.90. The van der Waals surface area contributed by atoms with E-state index in [0.29, 0.717) is 17.5 Å². The molecule has 3 aromatic rings. The lowest BCUT2D eigenvalue weighted by Gasteiger charge is -2.15. The van der Waals surface area contributed by atoms with Crippen molar-refractivity contribution in [1.82, 2.24) is 20.3 Å². The van der Waals surface area contributed by atoms with Gasteiger partial charge in [0.25, 0.3) is 0 Å². The van der Waals surface area contributed by atoms with Crippen LogP contribution >= 0.6 is 0 Å². The molecule has 10 heteroatoms. The van der Waals surface area contributed by atoms with Crippen molar-refractivity contribution in [2.75, 3.05) is 12.9 Å². The van der Waals surface area contributed by atoms with Gasteiger partial charge in [-0.05, 0) is 44.5 Å². The van der Waals surface area contributed by atoms with E-state index < -0.39 is 15.9 Å². The number of aliphatic hydroxyl groups is 1. The van der Waals surface area contributed by atoms with E-state index in [9.17, 15) is 13.5 Å². The Bertz CT molecular complexity index is 1270. The number of nitrogens with one attached hydrogen (secondary N) is 2. The number of sulfone groups is 1. The summed E-state index contributed by atoms with van der Waals surface area (Å²) in [4.78, 5) is 11.4. The first-order valence-corrected chi connectivity index (χ1v) is 12.4. The molecule has 0 amide bonds. The van der Waals surface area contributed by atoms with Gasteiger partial charge in [-0.25, -0.2) is 18.4 Å². The van der Waals surface area contributed by atoms with Gasteiger partial charge in [-0.2, -0.15) is 0 Å². The van der Waals surface area contributed by atoms with Crippen molar-refractivity contribution < 1.29 is 23.0 Å². The normalized spacial score (nSPS) is 16.7. The Kier molecular flexibility index (Phi) is 6.39. The van der Waals surface area contributed by atoms with Crippen LogP contribution in [0, 0.1) is 0 Å². The number of ether oxygens (including phenoxy) is 2. The molecule has 9 nitrogen and oxygen atoms in total. The third-order valence-corrected chi connectivity index (χ3v) is 6.02. The van der Waals surface area contributed by atoms with E-state index in [4.69, 9.17) is 9.47 Å². The van der Waals surface area contributed by atoms with Gasteiger partial charge in [0.1, 0.15) is 17.6 Å². The van der Waals surface area contributed by atoms with Crippen LogP contribution in [0.2, 0.25) is 0 Å². The van der Waals surface area contributed by atoms with Gasteiger partial charge in [-0.3, -0.25) is 0 Å². The summed E-state index contributed by atoms with van der Waals surface area (Å²) in [5.74, 6) is 1.08. The second kappa shape index (κ2) is 9.24. The Hall–Kier alpha value is -3.37. The molecule has 1 aliphatic heterocycles. The fourth-order valence-corrected chi connectivity index (χ4v) is 3.87. The molecule has 174 valence electrons. The molecule has 0 radical (unpaired) electrons. The molecule has 0 fully saturated rings. The van der Waals surface area contributed by atoms with Gasteiger partial charge in [0.2, 0.25) is 5.88 Å². The van der Waals surface area contributed by atoms with E-state index in [-0.39, 0.29) is 17.5 Å². The van der Waals surface area contributed by atoms with Crippen LogP contribution in [0.15, 0.2) is 53.8 Å². The maximum atomic E-state index is 11.6. The summed E-state index contributed by atoms with van der Waals surface area (Å²) < 4.78 is 34.8. The molecule has 0 bridgehead atoms. The van der Waals surface area contributed by atoms with Gasteiger partial charge >= 0.3 is 0 Å². The van der Waals surface area contributed by atoms with Crippen molar-refractivity contribution in [1.29, 1.82) is 0 Å². The molecule has 0 saturated carbocycles. The van der Waals surface area contributed by atoms with Crippen molar-refractivity contribution in [3.05, 3.63) is 54.5 Å². The van der Waals surface area contributed by atoms with Crippen molar-refractivity contribution in [3.63, 3.8) is 0 Å². The smallest absolute Gasteiger partial charge is 0.237 e. The highest BCUT2D eigenvalue weighted by Gasteiger charge is 2.16. The standard InChI is InChI=1S/C23H26N4O5S/c1-14-4-5-20(26-14)21-7-6-19(27-21)16-8-17(31-15(2)13-28)10-18(9-16)32-22-11-25-23(12-24-22)33(3,29)30/h5-12,14-15,26-28H,4,13H2,1-3H3/t14-,15-/m0/s1. The summed E-state index contributed by atoms with van der Waals surface area (Å²) in [6.45, 7) is 3.75. The predicted octanol–water partition coefficient (Wildman–Crippen LogP) is 3.15. The van der Waals surface area contributed by atoms with Gasteiger partial charge in [-0.1, -0.05) is 6.08 Å². The topological polar surface area (TPSA) is 126 Å². The van der Waals surface area contributed by atoms with Crippen LogP contribution in [0.3, 0.4) is 0 Å². The quantitative estimate of drug-likeness (QED) is 0.458. The SMILES string of the molecule is C[C@H]1CC=C(c2ccc(-c3cc(Oc4cnc(S(C)(=O)=O)cn4)cc(O[C@@H](C)CO)c3)[nH]2)N1. The largest absolute Gasteiger partial charge is 0.488 e. The van der Waals surface area contributed by atoms with Crippen LogP contribution in [0.1, 0.15) is 26.0 Å². The van der Waals surface area contributed by atoms with E-state index in [2.05, 4.69) is 33.3 Å². The number of benzene rings is 1. The zero-order valence-corrected chi connectivity index (χ0v) is 19.4. The molecule has 0 unspecified atom stereocenters. The highest BCUT2D eigenvalue weighted by Crippen LogP contribution is 2.33. The molecule has 0 spiro atoms. The highest BCUT2D eigenvalue weighted by atomic mass is 32.2. The van der Waals surface area contributed by atoms with Crippen LogP contribution in [-0.4, -0.2) is 53.5 Å². The number of hydrogen-bond donors (Lipinski definition) is 3. The molecule has 0 aliphatic carbocycles. The first kappa shape index (κ1) is 22.8. The molecule has 4 rings (SSSR count). The zero-order valence-electron chi connectivity index (χ0n) is 18.6. The molecular formula is C23H26N4O5S. The van der Waals surface area contributed by atoms with Crippen molar-refractivity contribution in [2.45, 2.75) is 37.4 Å². The fraction of sp³-hybridized carbons (Fsp3) is 0.304. The number of rotatable bonds is 8. The molecule has 1 aliphatic rings. The second-order valence-corrected chi connectivity index (χ2v) is 10.0. The Morgan fingerprint density at radius 3 is 2.55 bits per heavy atom. The van der Waals surface area contributed by atoms with Crippen molar-refractivity contribution in [2.24, 2.45) is 0 Å². The molecule has 33 heavy (non-hydrogen) atoms. The van der Waals surface area contributed by atoms with Gasteiger partial charge in [0.15, 0.2) is 14.9 Å². The lowest BCUT2D eigenvalue weighted by molar-refractivity contribution is 0.129. The summed E-state index contributed by atoms with van der Waals surface area (Å²) in [5.41, 5.74) is 3.71. The van der Waals surface area contributed by atoms with Gasteiger partial charge in [0.05, 0.1) is 30.4 Å².